The van der Waals surface area contributed by atoms with Gasteiger partial charge in [-0.1, -0.05) is 0 Å². The van der Waals surface area contributed by atoms with Gasteiger partial charge in [0.05, 0.1) is 0 Å². The summed E-state index contributed by atoms with van der Waals surface area (Å²) in [5, 5.41) is 11.4. The van der Waals surface area contributed by atoms with Crippen LogP contribution in [-0.2, 0) is 0 Å². The molecular formula is C22H49I2N3-2. The van der Waals surface area contributed by atoms with Crippen LogP contribution in [0.2, 0.25) is 0 Å². The summed E-state index contributed by atoms with van der Waals surface area (Å²) in [6.45, 7) is 27.2. The quantitative estimate of drug-likeness (QED) is 0.135. The van der Waals surface area contributed by atoms with Gasteiger partial charge < -0.3 is 0 Å². The molecule has 0 saturated heterocycles. The molecule has 0 aromatic rings. The van der Waals surface area contributed by atoms with E-state index < -0.39 is 0 Å². The Kier molecular flexibility index (Phi) is 10.1. The second kappa shape index (κ2) is 9.65. The van der Waals surface area contributed by atoms with E-state index in [2.05, 4.69) is 113 Å². The predicted molar refractivity (Wildman–Crippen MR) is 115 cm³/mol. The molecule has 0 amide bonds. The summed E-state index contributed by atoms with van der Waals surface area (Å²) in [5.74, 6) is 0. The third-order valence-corrected chi connectivity index (χ3v) is 16.3. The maximum absolute atomic E-state index is 3.87. The minimum atomic E-state index is -0.111. The first-order chi connectivity index (χ1) is 12.1. The van der Waals surface area contributed by atoms with Crippen LogP contribution in [0.5, 0.6) is 0 Å². The molecule has 0 fully saturated rings. The van der Waals surface area contributed by atoms with E-state index in [0.29, 0.717) is 3.42 Å². The molecule has 0 aliphatic heterocycles. The zero-order valence-corrected chi connectivity index (χ0v) is 25.0. The van der Waals surface area contributed by atoms with E-state index in [0.717, 1.165) is 0 Å². The summed E-state index contributed by atoms with van der Waals surface area (Å²) in [6.07, 6.45) is 0. The van der Waals surface area contributed by atoms with E-state index in [1.807, 2.05) is 0 Å². The van der Waals surface area contributed by atoms with Gasteiger partial charge >= 0.3 is 193 Å². The number of hydrogen-bond acceptors (Lipinski definition) is 3. The summed E-state index contributed by atoms with van der Waals surface area (Å²) >= 11 is 0.0761. The summed E-state index contributed by atoms with van der Waals surface area (Å²) in [6, 6.07) is 0. The fourth-order valence-corrected chi connectivity index (χ4v) is 12.2. The Morgan fingerprint density at radius 3 is 1.37 bits per heavy atom. The van der Waals surface area contributed by atoms with Crippen molar-refractivity contribution in [2.24, 2.45) is 10.8 Å². The Balaban J connectivity index is 7.15. The molecule has 0 spiro atoms. The fraction of sp³-hybridized carbons (Fsp3) is 1.00. The number of halogens is 2. The average molecular weight is 609 g/mol. The van der Waals surface area contributed by atoms with E-state index in [9.17, 15) is 0 Å². The van der Waals surface area contributed by atoms with Gasteiger partial charge in [0.2, 0.25) is 0 Å². The summed E-state index contributed by atoms with van der Waals surface area (Å²) in [7, 11) is 6.46. The van der Waals surface area contributed by atoms with E-state index in [4.69, 9.17) is 0 Å². The van der Waals surface area contributed by atoms with Crippen molar-refractivity contribution in [3.63, 3.8) is 0 Å². The van der Waals surface area contributed by atoms with E-state index in [1.165, 1.54) is 8.86 Å². The van der Waals surface area contributed by atoms with E-state index in [1.54, 1.807) is 0 Å². The van der Waals surface area contributed by atoms with Crippen LogP contribution in [0.3, 0.4) is 0 Å². The number of hydrogen-bond donors (Lipinski definition) is 3. The van der Waals surface area contributed by atoms with Gasteiger partial charge in [0, 0.05) is 0 Å². The van der Waals surface area contributed by atoms with Crippen LogP contribution in [-0.4, -0.2) is 48.0 Å². The molecule has 0 saturated carbocycles. The van der Waals surface area contributed by atoms with Crippen molar-refractivity contribution in [2.45, 2.75) is 94.2 Å². The van der Waals surface area contributed by atoms with Crippen LogP contribution in [0.15, 0.2) is 0 Å². The molecule has 27 heavy (non-hydrogen) atoms. The molecular weight excluding hydrogens is 560 g/mol. The van der Waals surface area contributed by atoms with Crippen molar-refractivity contribution in [2.75, 3.05) is 30.0 Å². The van der Waals surface area contributed by atoms with Crippen LogP contribution >= 0.6 is 0 Å². The van der Waals surface area contributed by atoms with Gasteiger partial charge in [-0.15, -0.1) is 0 Å². The Bertz CT molecular complexity index is 478. The predicted octanol–water partition coefficient (Wildman–Crippen LogP) is -2.07. The SMILES string of the molecule is CC[I-]C(C)(C)C(C)(C)C(C)(C(C)(NC)[I-]CC)C(C)(NC)C(C)(C)NC. The zero-order valence-electron chi connectivity index (χ0n) is 20.7. The van der Waals surface area contributed by atoms with Gasteiger partial charge in [-0.25, -0.2) is 0 Å². The van der Waals surface area contributed by atoms with Crippen molar-refractivity contribution < 1.29 is 42.4 Å². The van der Waals surface area contributed by atoms with E-state index >= 15 is 0 Å². The molecule has 3 nitrogen and oxygen atoms in total. The van der Waals surface area contributed by atoms with Crippen LogP contribution in [0.1, 0.15) is 76.2 Å². The van der Waals surface area contributed by atoms with Crippen molar-refractivity contribution in [1.29, 1.82) is 0 Å². The van der Waals surface area contributed by atoms with Crippen LogP contribution in [0, 0.1) is 10.8 Å². The number of likely N-dealkylation sites (N-methyl/N-ethyl adjacent to an activating group) is 2. The standard InChI is InChI=1S/C22H49I2N3/c1-15-23-18(5,6)17(3,4)20(9,22(11,27-14)24-16-2)21(10,26-13)19(7,8)25-12/h25-27H,15-16H2,1-14H3/q-2. The van der Waals surface area contributed by atoms with Crippen molar-refractivity contribution in [1.82, 2.24) is 16.0 Å². The zero-order chi connectivity index (χ0) is 21.9. The molecule has 5 heteroatoms. The maximum atomic E-state index is 3.87. The van der Waals surface area contributed by atoms with Crippen LogP contribution in [0.4, 0.5) is 0 Å². The molecule has 0 radical (unpaired) electrons. The van der Waals surface area contributed by atoms with Crippen molar-refractivity contribution >= 4 is 0 Å². The third-order valence-electron chi connectivity index (χ3n) is 8.39. The molecule has 168 valence electrons. The first-order valence-electron chi connectivity index (χ1n) is 10.3. The molecule has 0 aliphatic rings. The molecule has 0 aromatic carbocycles. The first kappa shape index (κ1) is 28.3. The van der Waals surface area contributed by atoms with Gasteiger partial charge in [-0.2, -0.15) is 0 Å². The van der Waals surface area contributed by atoms with Gasteiger partial charge in [0.15, 0.2) is 0 Å². The topological polar surface area (TPSA) is 36.1 Å². The van der Waals surface area contributed by atoms with Crippen molar-refractivity contribution in [3.05, 3.63) is 0 Å². The number of rotatable bonds is 12. The normalized spacial score (nSPS) is 21.0. The molecule has 0 bridgehead atoms. The van der Waals surface area contributed by atoms with Gasteiger partial charge in [0.25, 0.3) is 0 Å². The van der Waals surface area contributed by atoms with Gasteiger partial charge in [-0.05, 0) is 0 Å². The number of nitrogens with one attached hydrogen (secondary N) is 3. The summed E-state index contributed by atoms with van der Waals surface area (Å²) in [5.41, 5.74) is -0.0177. The Morgan fingerprint density at radius 1 is 0.630 bits per heavy atom. The molecule has 0 aliphatic carbocycles. The van der Waals surface area contributed by atoms with E-state index in [-0.39, 0.29) is 67.9 Å². The van der Waals surface area contributed by atoms with Crippen molar-refractivity contribution in [3.8, 4) is 0 Å². The second-order valence-corrected chi connectivity index (χ2v) is 19.0. The molecule has 3 atom stereocenters. The molecule has 0 heterocycles. The number of alkyl halides is 4. The average Bonchev–Trinajstić information content (AvgIpc) is 2.59. The molecule has 0 aromatic heterocycles. The van der Waals surface area contributed by atoms with Gasteiger partial charge in [0.1, 0.15) is 0 Å². The van der Waals surface area contributed by atoms with Gasteiger partial charge in [-0.3, -0.25) is 0 Å². The molecule has 3 N–H and O–H groups in total. The summed E-state index contributed by atoms with van der Waals surface area (Å²) in [4.78, 5) is 0. The Morgan fingerprint density at radius 2 is 1.07 bits per heavy atom. The van der Waals surface area contributed by atoms with Crippen LogP contribution in [0.25, 0.3) is 0 Å². The molecule has 3 unspecified atom stereocenters. The third kappa shape index (κ3) is 4.38. The Hall–Kier alpha value is 1.34. The summed E-state index contributed by atoms with van der Waals surface area (Å²) < 4.78 is 3.04. The van der Waals surface area contributed by atoms with Crippen LogP contribution < -0.4 is 58.4 Å². The fourth-order valence-electron chi connectivity index (χ4n) is 4.93. The second-order valence-electron chi connectivity index (χ2n) is 9.53. The minimum absolute atomic E-state index is 0.0185. The molecule has 0 rings (SSSR count). The monoisotopic (exact) mass is 609 g/mol. The Labute approximate surface area is 192 Å². The first-order valence-corrected chi connectivity index (χ1v) is 15.5.